The smallest absolute Gasteiger partial charge is 0.158 e. The molecule has 0 amide bonds. The summed E-state index contributed by atoms with van der Waals surface area (Å²) in [6, 6.07) is 0. The van der Waals surface area contributed by atoms with Gasteiger partial charge in [-0.1, -0.05) is 0 Å². The van der Waals surface area contributed by atoms with E-state index in [1.807, 2.05) is 17.5 Å². The van der Waals surface area contributed by atoms with Crippen molar-refractivity contribution in [2.75, 3.05) is 0 Å². The van der Waals surface area contributed by atoms with Crippen molar-refractivity contribution in [1.29, 1.82) is 0 Å². The number of aliphatic hydroxyl groups excluding tert-OH is 1. The number of hydrogen-bond donors (Lipinski definition) is 1. The van der Waals surface area contributed by atoms with E-state index in [9.17, 15) is 0 Å². The summed E-state index contributed by atoms with van der Waals surface area (Å²) in [7, 11) is 0. The van der Waals surface area contributed by atoms with Gasteiger partial charge in [0.15, 0.2) is 5.65 Å². The van der Waals surface area contributed by atoms with E-state index < -0.39 is 0 Å². The third-order valence-electron chi connectivity index (χ3n) is 1.79. The van der Waals surface area contributed by atoms with Gasteiger partial charge in [-0.15, -0.1) is 0 Å². The minimum absolute atomic E-state index is 0.0429. The molecule has 2 heterocycles. The molecule has 1 N–H and O–H groups in total. The Kier molecular flexibility index (Phi) is 2.05. The van der Waals surface area contributed by atoms with Crippen LogP contribution in [0.1, 0.15) is 11.4 Å². The van der Waals surface area contributed by atoms with Crippen molar-refractivity contribution in [3.63, 3.8) is 0 Å². The van der Waals surface area contributed by atoms with Gasteiger partial charge >= 0.3 is 0 Å². The van der Waals surface area contributed by atoms with Crippen LogP contribution < -0.4 is 0 Å². The van der Waals surface area contributed by atoms with E-state index in [2.05, 4.69) is 25.9 Å². The number of nitrogens with zero attached hydrogens (tertiary/aromatic N) is 3. The van der Waals surface area contributed by atoms with Crippen LogP contribution >= 0.6 is 15.9 Å². The Morgan fingerprint density at radius 2 is 2.23 bits per heavy atom. The van der Waals surface area contributed by atoms with Crippen molar-refractivity contribution in [3.05, 3.63) is 28.4 Å². The lowest BCUT2D eigenvalue weighted by Gasteiger charge is -1.96. The predicted octanol–water partition coefficient (Wildman–Crippen LogP) is 1.29. The average molecular weight is 242 g/mol. The Labute approximate surface area is 83.4 Å². The van der Waals surface area contributed by atoms with Gasteiger partial charge in [-0.25, -0.2) is 9.97 Å². The van der Waals surface area contributed by atoms with E-state index in [0.29, 0.717) is 5.69 Å². The van der Waals surface area contributed by atoms with Gasteiger partial charge in [-0.05, 0) is 22.9 Å². The van der Waals surface area contributed by atoms with Crippen LogP contribution in [0.2, 0.25) is 0 Å². The fraction of sp³-hybridized carbons (Fsp3) is 0.250. The maximum Gasteiger partial charge on any atom is 0.158 e. The molecule has 0 saturated heterocycles. The molecule has 0 bridgehead atoms. The third kappa shape index (κ3) is 1.45. The summed E-state index contributed by atoms with van der Waals surface area (Å²) >= 11 is 3.29. The average Bonchev–Trinajstić information content (AvgIpc) is 2.47. The molecule has 0 saturated carbocycles. The van der Waals surface area contributed by atoms with Crippen LogP contribution in [0.15, 0.2) is 17.0 Å². The molecule has 0 atom stereocenters. The lowest BCUT2D eigenvalue weighted by Crippen LogP contribution is -1.91. The van der Waals surface area contributed by atoms with Crippen molar-refractivity contribution in [1.82, 2.24) is 14.4 Å². The molecule has 0 fully saturated rings. The maximum atomic E-state index is 8.89. The number of imidazole rings is 1. The summed E-state index contributed by atoms with van der Waals surface area (Å²) < 4.78 is 2.61. The first kappa shape index (κ1) is 8.65. The first-order valence-electron chi connectivity index (χ1n) is 3.82. The molecule has 2 aromatic rings. The normalized spacial score (nSPS) is 11.0. The summed E-state index contributed by atoms with van der Waals surface area (Å²) in [6.45, 7) is 1.84. The fourth-order valence-corrected chi connectivity index (χ4v) is 1.73. The summed E-state index contributed by atoms with van der Waals surface area (Å²) in [5, 5.41) is 8.89. The van der Waals surface area contributed by atoms with Gasteiger partial charge < -0.3 is 9.51 Å². The van der Waals surface area contributed by atoms with Crippen LogP contribution in [0.5, 0.6) is 0 Å². The zero-order chi connectivity index (χ0) is 9.42. The number of aromatic nitrogens is 3. The van der Waals surface area contributed by atoms with Gasteiger partial charge in [-0.2, -0.15) is 0 Å². The van der Waals surface area contributed by atoms with Gasteiger partial charge in [0.1, 0.15) is 4.60 Å². The highest BCUT2D eigenvalue weighted by atomic mass is 79.9. The number of aryl methyl sites for hydroxylation is 1. The standard InChI is InChI=1S/C8H8BrN3O/c1-5-8-11-6(4-13)2-12(8)3-7(9)10-5/h2-3,13H,4H2,1H3. The molecule has 0 aliphatic rings. The molecule has 2 rings (SSSR count). The minimum Gasteiger partial charge on any atom is -0.390 e. The topological polar surface area (TPSA) is 50.4 Å². The van der Waals surface area contributed by atoms with Crippen LogP contribution in [-0.4, -0.2) is 19.5 Å². The fourth-order valence-electron chi connectivity index (χ4n) is 1.24. The van der Waals surface area contributed by atoms with Crippen molar-refractivity contribution in [2.45, 2.75) is 13.5 Å². The van der Waals surface area contributed by atoms with Gasteiger partial charge in [-0.3, -0.25) is 0 Å². The van der Waals surface area contributed by atoms with E-state index >= 15 is 0 Å². The first-order valence-corrected chi connectivity index (χ1v) is 4.61. The van der Waals surface area contributed by atoms with E-state index in [-0.39, 0.29) is 6.61 Å². The largest absolute Gasteiger partial charge is 0.390 e. The number of aliphatic hydroxyl groups is 1. The lowest BCUT2D eigenvalue weighted by atomic mass is 10.5. The predicted molar refractivity (Wildman–Crippen MR) is 51.3 cm³/mol. The summed E-state index contributed by atoms with van der Waals surface area (Å²) in [4.78, 5) is 8.40. The SMILES string of the molecule is Cc1nc(Br)cn2cc(CO)nc12. The molecule has 13 heavy (non-hydrogen) atoms. The molecule has 0 radical (unpaired) electrons. The van der Waals surface area contributed by atoms with Gasteiger partial charge in [0, 0.05) is 12.4 Å². The van der Waals surface area contributed by atoms with Gasteiger partial charge in [0.2, 0.25) is 0 Å². The molecular formula is C8H8BrN3O. The molecule has 68 valence electrons. The maximum absolute atomic E-state index is 8.89. The Bertz CT molecular complexity index is 452. The Balaban J connectivity index is 2.75. The monoisotopic (exact) mass is 241 g/mol. The Hall–Kier alpha value is -0.940. The zero-order valence-electron chi connectivity index (χ0n) is 7.03. The molecule has 4 nitrogen and oxygen atoms in total. The molecule has 0 aromatic carbocycles. The summed E-state index contributed by atoms with van der Waals surface area (Å²) in [5.41, 5.74) is 2.28. The first-order chi connectivity index (χ1) is 6.20. The molecule has 0 aliphatic heterocycles. The molecular weight excluding hydrogens is 234 g/mol. The van der Waals surface area contributed by atoms with Crippen LogP contribution in [0.3, 0.4) is 0 Å². The quantitative estimate of drug-likeness (QED) is 0.819. The summed E-state index contributed by atoms with van der Waals surface area (Å²) in [6.07, 6.45) is 3.60. The molecule has 0 unspecified atom stereocenters. The molecule has 5 heteroatoms. The Morgan fingerprint density at radius 1 is 1.46 bits per heavy atom. The molecule has 2 aromatic heterocycles. The van der Waals surface area contributed by atoms with E-state index in [1.165, 1.54) is 0 Å². The van der Waals surface area contributed by atoms with Crippen molar-refractivity contribution in [2.24, 2.45) is 0 Å². The second-order valence-electron chi connectivity index (χ2n) is 2.77. The van der Waals surface area contributed by atoms with Crippen molar-refractivity contribution < 1.29 is 5.11 Å². The Morgan fingerprint density at radius 3 is 2.92 bits per heavy atom. The highest BCUT2D eigenvalue weighted by Gasteiger charge is 2.04. The second-order valence-corrected chi connectivity index (χ2v) is 3.58. The van der Waals surface area contributed by atoms with E-state index in [0.717, 1.165) is 15.9 Å². The zero-order valence-corrected chi connectivity index (χ0v) is 8.61. The number of halogens is 1. The third-order valence-corrected chi connectivity index (χ3v) is 2.17. The second kappa shape index (κ2) is 3.08. The number of fused-ring (bicyclic) bond motifs is 1. The number of rotatable bonds is 1. The molecule has 0 aliphatic carbocycles. The van der Waals surface area contributed by atoms with Gasteiger partial charge in [0.05, 0.1) is 18.0 Å². The van der Waals surface area contributed by atoms with E-state index in [4.69, 9.17) is 5.11 Å². The van der Waals surface area contributed by atoms with Crippen LogP contribution in [-0.2, 0) is 6.61 Å². The number of hydrogen-bond acceptors (Lipinski definition) is 3. The van der Waals surface area contributed by atoms with Crippen LogP contribution in [0, 0.1) is 6.92 Å². The van der Waals surface area contributed by atoms with Crippen LogP contribution in [0.4, 0.5) is 0 Å². The van der Waals surface area contributed by atoms with Gasteiger partial charge in [0.25, 0.3) is 0 Å². The van der Waals surface area contributed by atoms with E-state index in [1.54, 1.807) is 6.20 Å². The highest BCUT2D eigenvalue weighted by Crippen LogP contribution is 2.13. The lowest BCUT2D eigenvalue weighted by molar-refractivity contribution is 0.277. The minimum atomic E-state index is -0.0429. The van der Waals surface area contributed by atoms with Crippen molar-refractivity contribution >= 4 is 21.6 Å². The highest BCUT2D eigenvalue weighted by molar-refractivity contribution is 9.10. The van der Waals surface area contributed by atoms with Crippen molar-refractivity contribution in [3.8, 4) is 0 Å². The van der Waals surface area contributed by atoms with Crippen LogP contribution in [0.25, 0.3) is 5.65 Å². The molecule has 0 spiro atoms. The summed E-state index contributed by atoms with van der Waals surface area (Å²) in [5.74, 6) is 0.